The van der Waals surface area contributed by atoms with E-state index in [4.69, 9.17) is 24.5 Å². The summed E-state index contributed by atoms with van der Waals surface area (Å²) in [5, 5.41) is 14.8. The number of unbranched alkanes of at least 4 members (excludes halogenated alkanes) is 1. The summed E-state index contributed by atoms with van der Waals surface area (Å²) >= 11 is 3.46. The third kappa shape index (κ3) is 10.1. The lowest BCUT2D eigenvalue weighted by molar-refractivity contribution is -0.159. The molecular formula is C18H26BrNO5. The number of hydrogen-bond acceptors (Lipinski definition) is 4. The van der Waals surface area contributed by atoms with Gasteiger partial charge in [0.15, 0.2) is 0 Å². The number of piperidine rings is 1. The first-order valence-corrected chi connectivity index (χ1v) is 9.24. The number of benzene rings is 1. The van der Waals surface area contributed by atoms with E-state index in [0.29, 0.717) is 0 Å². The number of nitrogens with zero attached hydrogens (tertiary/aromatic N) is 1. The van der Waals surface area contributed by atoms with Gasteiger partial charge in [-0.3, -0.25) is 0 Å². The van der Waals surface area contributed by atoms with Gasteiger partial charge in [0.1, 0.15) is 5.75 Å². The molecule has 1 saturated heterocycles. The van der Waals surface area contributed by atoms with Crippen LogP contribution in [0.5, 0.6) is 5.75 Å². The average Bonchev–Trinajstić information content (AvgIpc) is 2.55. The molecule has 25 heavy (non-hydrogen) atoms. The molecule has 1 aromatic rings. The molecule has 1 atom stereocenters. The number of rotatable bonds is 6. The van der Waals surface area contributed by atoms with Gasteiger partial charge in [-0.25, -0.2) is 9.59 Å². The van der Waals surface area contributed by atoms with E-state index < -0.39 is 11.9 Å². The first kappa shape index (κ1) is 21.4. The molecule has 2 N–H and O–H groups in total. The Morgan fingerprint density at radius 1 is 1.28 bits per heavy atom. The van der Waals surface area contributed by atoms with E-state index in [2.05, 4.69) is 27.8 Å². The van der Waals surface area contributed by atoms with E-state index in [1.807, 2.05) is 24.3 Å². The van der Waals surface area contributed by atoms with E-state index in [-0.39, 0.29) is 0 Å². The summed E-state index contributed by atoms with van der Waals surface area (Å²) in [7, 11) is 0. The van der Waals surface area contributed by atoms with Crippen molar-refractivity contribution in [2.75, 3.05) is 26.2 Å². The highest BCUT2D eigenvalue weighted by Gasteiger charge is 2.15. The van der Waals surface area contributed by atoms with E-state index in [1.54, 1.807) is 0 Å². The van der Waals surface area contributed by atoms with Crippen molar-refractivity contribution < 1.29 is 24.5 Å². The number of aliphatic carboxylic acids is 2. The highest BCUT2D eigenvalue weighted by molar-refractivity contribution is 9.10. The highest BCUT2D eigenvalue weighted by Crippen LogP contribution is 2.18. The Kier molecular flexibility index (Phi) is 10.2. The zero-order valence-corrected chi connectivity index (χ0v) is 16.1. The first-order valence-electron chi connectivity index (χ1n) is 8.45. The zero-order chi connectivity index (χ0) is 18.7. The van der Waals surface area contributed by atoms with Crippen molar-refractivity contribution >= 4 is 27.9 Å². The number of likely N-dealkylation sites (tertiary alicyclic amines) is 1. The fraction of sp³-hybridized carbons (Fsp3) is 0.556. The standard InChI is InChI=1S/C16H24BrNO.C2H2O4/c1-14-6-5-10-18(13-14)9-2-3-11-19-16-8-4-7-15(17)12-16;3-1(4)2(5)6/h4,7-8,12,14H,2-3,5-6,9-11,13H2,1H3;(H,3,4)(H,5,6). The Hall–Kier alpha value is -1.60. The number of carboxylic acid groups (broad SMARTS) is 2. The molecular weight excluding hydrogens is 390 g/mol. The maximum Gasteiger partial charge on any atom is 0.414 e. The molecule has 0 aliphatic carbocycles. The largest absolute Gasteiger partial charge is 0.494 e. The summed E-state index contributed by atoms with van der Waals surface area (Å²) in [4.78, 5) is 20.8. The van der Waals surface area contributed by atoms with Crippen LogP contribution in [0.2, 0.25) is 0 Å². The summed E-state index contributed by atoms with van der Waals surface area (Å²) in [6.45, 7) is 6.98. The monoisotopic (exact) mass is 415 g/mol. The fourth-order valence-corrected chi connectivity index (χ4v) is 3.05. The van der Waals surface area contributed by atoms with Gasteiger partial charge in [0.2, 0.25) is 0 Å². The molecule has 0 spiro atoms. The Morgan fingerprint density at radius 3 is 2.60 bits per heavy atom. The van der Waals surface area contributed by atoms with Gasteiger partial charge in [-0.1, -0.05) is 28.9 Å². The van der Waals surface area contributed by atoms with E-state index in [0.717, 1.165) is 29.2 Å². The Morgan fingerprint density at radius 2 is 2.00 bits per heavy atom. The molecule has 140 valence electrons. The summed E-state index contributed by atoms with van der Waals surface area (Å²) in [6, 6.07) is 8.06. The first-order chi connectivity index (χ1) is 11.9. The second-order valence-electron chi connectivity index (χ2n) is 6.17. The van der Waals surface area contributed by atoms with Crippen LogP contribution in [0, 0.1) is 5.92 Å². The minimum Gasteiger partial charge on any atom is -0.494 e. The average molecular weight is 416 g/mol. The summed E-state index contributed by atoms with van der Waals surface area (Å²) in [5.74, 6) is -1.81. The second kappa shape index (κ2) is 11.9. The highest BCUT2D eigenvalue weighted by atomic mass is 79.9. The Labute approximate surface area is 156 Å². The molecule has 0 saturated carbocycles. The fourth-order valence-electron chi connectivity index (χ4n) is 2.67. The van der Waals surface area contributed by atoms with Gasteiger partial charge >= 0.3 is 11.9 Å². The van der Waals surface area contributed by atoms with Crippen molar-refractivity contribution in [3.63, 3.8) is 0 Å². The summed E-state index contributed by atoms with van der Waals surface area (Å²) < 4.78 is 6.83. The molecule has 6 nitrogen and oxygen atoms in total. The van der Waals surface area contributed by atoms with Crippen molar-refractivity contribution in [1.82, 2.24) is 4.90 Å². The van der Waals surface area contributed by atoms with Crippen LogP contribution in [0.4, 0.5) is 0 Å². The smallest absolute Gasteiger partial charge is 0.414 e. The molecule has 1 heterocycles. The second-order valence-corrected chi connectivity index (χ2v) is 7.09. The minimum atomic E-state index is -1.82. The van der Waals surface area contributed by atoms with Gasteiger partial charge in [-0.05, 0) is 62.9 Å². The van der Waals surface area contributed by atoms with E-state index in [9.17, 15) is 0 Å². The summed E-state index contributed by atoms with van der Waals surface area (Å²) in [5.41, 5.74) is 0. The van der Waals surface area contributed by atoms with Gasteiger partial charge < -0.3 is 19.8 Å². The van der Waals surface area contributed by atoms with Crippen molar-refractivity contribution in [1.29, 1.82) is 0 Å². The number of ether oxygens (including phenoxy) is 1. The maximum absolute atomic E-state index is 9.10. The van der Waals surface area contributed by atoms with Gasteiger partial charge in [0, 0.05) is 11.0 Å². The van der Waals surface area contributed by atoms with Crippen molar-refractivity contribution in [3.05, 3.63) is 28.7 Å². The van der Waals surface area contributed by atoms with Crippen LogP contribution in [0.1, 0.15) is 32.6 Å². The predicted molar refractivity (Wildman–Crippen MR) is 99.0 cm³/mol. The third-order valence-corrected chi connectivity index (χ3v) is 4.35. The number of carboxylic acids is 2. The number of halogens is 1. The number of hydrogen-bond donors (Lipinski definition) is 2. The lowest BCUT2D eigenvalue weighted by Gasteiger charge is -2.30. The molecule has 0 radical (unpaired) electrons. The molecule has 1 aliphatic rings. The van der Waals surface area contributed by atoms with Crippen LogP contribution in [-0.2, 0) is 9.59 Å². The van der Waals surface area contributed by atoms with Crippen LogP contribution >= 0.6 is 15.9 Å². The lowest BCUT2D eigenvalue weighted by Crippen LogP contribution is -2.35. The van der Waals surface area contributed by atoms with Crippen LogP contribution in [0.25, 0.3) is 0 Å². The minimum absolute atomic E-state index is 0.819. The zero-order valence-electron chi connectivity index (χ0n) is 14.5. The molecule has 1 fully saturated rings. The van der Waals surface area contributed by atoms with Crippen molar-refractivity contribution in [2.45, 2.75) is 32.6 Å². The van der Waals surface area contributed by atoms with Gasteiger partial charge in [0.25, 0.3) is 0 Å². The third-order valence-electron chi connectivity index (χ3n) is 3.86. The van der Waals surface area contributed by atoms with Crippen LogP contribution in [0.15, 0.2) is 28.7 Å². The molecule has 0 bridgehead atoms. The Balaban J connectivity index is 0.000000450. The van der Waals surface area contributed by atoms with Crippen molar-refractivity contribution in [2.24, 2.45) is 5.92 Å². The molecule has 7 heteroatoms. The van der Waals surface area contributed by atoms with Crippen LogP contribution in [0.3, 0.4) is 0 Å². The SMILES string of the molecule is CC1CCCN(CCCCOc2cccc(Br)c2)C1.O=C(O)C(=O)O. The topological polar surface area (TPSA) is 87.1 Å². The van der Waals surface area contributed by atoms with E-state index in [1.165, 1.54) is 38.9 Å². The molecule has 1 unspecified atom stereocenters. The molecule has 2 rings (SSSR count). The van der Waals surface area contributed by atoms with Gasteiger partial charge in [-0.15, -0.1) is 0 Å². The maximum atomic E-state index is 9.10. The molecule has 1 aliphatic heterocycles. The van der Waals surface area contributed by atoms with Crippen molar-refractivity contribution in [3.8, 4) is 5.75 Å². The van der Waals surface area contributed by atoms with E-state index >= 15 is 0 Å². The Bertz CT molecular complexity index is 540. The lowest BCUT2D eigenvalue weighted by atomic mass is 10.0. The number of carbonyl (C=O) groups is 2. The van der Waals surface area contributed by atoms with Gasteiger partial charge in [-0.2, -0.15) is 0 Å². The van der Waals surface area contributed by atoms with Crippen LogP contribution in [-0.4, -0.2) is 53.3 Å². The summed E-state index contributed by atoms with van der Waals surface area (Å²) in [6.07, 6.45) is 5.15. The quantitative estimate of drug-likeness (QED) is 0.545. The molecule has 0 aromatic heterocycles. The van der Waals surface area contributed by atoms with Gasteiger partial charge in [0.05, 0.1) is 6.61 Å². The normalized spacial score (nSPS) is 17.3. The van der Waals surface area contributed by atoms with Crippen LogP contribution < -0.4 is 4.74 Å². The molecule has 1 aromatic carbocycles. The molecule has 0 amide bonds. The predicted octanol–water partition coefficient (Wildman–Crippen LogP) is 3.50.